The van der Waals surface area contributed by atoms with E-state index in [1.807, 2.05) is 0 Å². The first-order valence-electron chi connectivity index (χ1n) is 8.76. The Hall–Kier alpha value is -1.82. The van der Waals surface area contributed by atoms with Crippen molar-refractivity contribution in [3.63, 3.8) is 0 Å². The SMILES string of the molecule is CCOC(=O)c1c(C)[nH]c(C(=O)NC2CCN(C(C)C)CC2)c1C. The molecule has 2 heterocycles. The van der Waals surface area contributed by atoms with Crippen LogP contribution in [0.3, 0.4) is 0 Å². The molecule has 0 aliphatic carbocycles. The Balaban J connectivity index is 2.03. The molecule has 1 aliphatic heterocycles. The van der Waals surface area contributed by atoms with Crippen LogP contribution < -0.4 is 5.32 Å². The molecule has 1 aromatic rings. The van der Waals surface area contributed by atoms with Crippen molar-refractivity contribution in [3.8, 4) is 0 Å². The molecule has 1 aromatic heterocycles. The number of carbonyl (C=O) groups is 2. The van der Waals surface area contributed by atoms with E-state index in [1.54, 1.807) is 20.8 Å². The van der Waals surface area contributed by atoms with Gasteiger partial charge in [-0.05, 0) is 53.0 Å². The van der Waals surface area contributed by atoms with Crippen LogP contribution in [0.2, 0.25) is 0 Å². The lowest BCUT2D eigenvalue weighted by Crippen LogP contribution is -2.46. The van der Waals surface area contributed by atoms with Crippen LogP contribution in [0, 0.1) is 13.8 Å². The maximum atomic E-state index is 12.6. The van der Waals surface area contributed by atoms with Gasteiger partial charge in [0.15, 0.2) is 0 Å². The van der Waals surface area contributed by atoms with Gasteiger partial charge in [-0.3, -0.25) is 4.79 Å². The van der Waals surface area contributed by atoms with E-state index in [-0.39, 0.29) is 17.9 Å². The van der Waals surface area contributed by atoms with Gasteiger partial charge in [-0.15, -0.1) is 0 Å². The van der Waals surface area contributed by atoms with Gasteiger partial charge in [0.2, 0.25) is 0 Å². The molecule has 2 rings (SSSR count). The molecule has 1 fully saturated rings. The number of aromatic amines is 1. The number of H-pyrrole nitrogens is 1. The van der Waals surface area contributed by atoms with E-state index in [2.05, 4.69) is 29.0 Å². The lowest BCUT2D eigenvalue weighted by atomic mass is 10.0. The smallest absolute Gasteiger partial charge is 0.340 e. The Morgan fingerprint density at radius 1 is 1.29 bits per heavy atom. The zero-order valence-electron chi connectivity index (χ0n) is 15.4. The molecule has 0 radical (unpaired) electrons. The standard InChI is InChI=1S/C18H29N3O3/c1-6-24-18(23)15-12(4)16(19-13(15)5)17(22)20-14-7-9-21(10-8-14)11(2)3/h11,14,19H,6-10H2,1-5H3,(H,20,22). The lowest BCUT2D eigenvalue weighted by Gasteiger charge is -2.34. The van der Waals surface area contributed by atoms with E-state index >= 15 is 0 Å². The molecule has 1 amide bonds. The van der Waals surface area contributed by atoms with E-state index in [0.29, 0.717) is 35.2 Å². The molecule has 1 saturated heterocycles. The molecule has 6 nitrogen and oxygen atoms in total. The summed E-state index contributed by atoms with van der Waals surface area (Å²) < 4.78 is 5.07. The zero-order valence-corrected chi connectivity index (χ0v) is 15.4. The number of likely N-dealkylation sites (tertiary alicyclic amines) is 1. The summed E-state index contributed by atoms with van der Waals surface area (Å²) >= 11 is 0. The summed E-state index contributed by atoms with van der Waals surface area (Å²) in [5, 5.41) is 3.10. The Kier molecular flexibility index (Phi) is 6.04. The predicted molar refractivity (Wildman–Crippen MR) is 93.4 cm³/mol. The second-order valence-electron chi connectivity index (χ2n) is 6.72. The second-order valence-corrected chi connectivity index (χ2v) is 6.72. The number of carbonyl (C=O) groups excluding carboxylic acids is 2. The first-order valence-corrected chi connectivity index (χ1v) is 8.76. The average Bonchev–Trinajstić information content (AvgIpc) is 2.83. The number of aryl methyl sites for hydroxylation is 1. The summed E-state index contributed by atoms with van der Waals surface area (Å²) in [7, 11) is 0. The van der Waals surface area contributed by atoms with E-state index in [4.69, 9.17) is 4.74 Å². The summed E-state index contributed by atoms with van der Waals surface area (Å²) in [6.07, 6.45) is 1.90. The van der Waals surface area contributed by atoms with Crippen LogP contribution in [0.25, 0.3) is 0 Å². The third-order valence-electron chi connectivity index (χ3n) is 4.74. The number of amides is 1. The molecule has 2 N–H and O–H groups in total. The van der Waals surface area contributed by atoms with Crippen LogP contribution in [-0.2, 0) is 4.74 Å². The van der Waals surface area contributed by atoms with Crippen molar-refractivity contribution in [2.45, 2.75) is 59.5 Å². The molecule has 0 aromatic carbocycles. The van der Waals surface area contributed by atoms with Gasteiger partial charge in [0, 0.05) is 30.9 Å². The average molecular weight is 335 g/mol. The third kappa shape index (κ3) is 3.98. The Labute approximate surface area is 143 Å². The minimum absolute atomic E-state index is 0.144. The van der Waals surface area contributed by atoms with Crippen LogP contribution in [-0.4, -0.2) is 53.5 Å². The number of hydrogen-bond donors (Lipinski definition) is 2. The van der Waals surface area contributed by atoms with E-state index in [0.717, 1.165) is 25.9 Å². The van der Waals surface area contributed by atoms with Gasteiger partial charge in [-0.1, -0.05) is 0 Å². The molecule has 0 unspecified atom stereocenters. The number of esters is 1. The maximum Gasteiger partial charge on any atom is 0.340 e. The third-order valence-corrected chi connectivity index (χ3v) is 4.74. The number of piperidine rings is 1. The molecular formula is C18H29N3O3. The van der Waals surface area contributed by atoms with Crippen molar-refractivity contribution in [3.05, 3.63) is 22.5 Å². The highest BCUT2D eigenvalue weighted by atomic mass is 16.5. The molecule has 0 saturated carbocycles. The van der Waals surface area contributed by atoms with E-state index < -0.39 is 0 Å². The van der Waals surface area contributed by atoms with Crippen molar-refractivity contribution in [2.24, 2.45) is 0 Å². The summed E-state index contributed by atoms with van der Waals surface area (Å²) in [5.41, 5.74) is 2.26. The minimum atomic E-state index is -0.381. The maximum absolute atomic E-state index is 12.6. The molecule has 134 valence electrons. The molecule has 6 heteroatoms. The van der Waals surface area contributed by atoms with Gasteiger partial charge in [0.1, 0.15) is 5.69 Å². The highest BCUT2D eigenvalue weighted by Crippen LogP contribution is 2.20. The summed E-state index contributed by atoms with van der Waals surface area (Å²) in [6.45, 7) is 12.1. The van der Waals surface area contributed by atoms with E-state index in [1.165, 1.54) is 0 Å². The zero-order chi connectivity index (χ0) is 17.9. The first-order chi connectivity index (χ1) is 11.3. The predicted octanol–water partition coefficient (Wildman–Crippen LogP) is 2.41. The van der Waals surface area contributed by atoms with Gasteiger partial charge < -0.3 is 19.9 Å². The number of nitrogens with zero attached hydrogens (tertiary/aromatic N) is 1. The van der Waals surface area contributed by atoms with E-state index in [9.17, 15) is 9.59 Å². The molecular weight excluding hydrogens is 306 g/mol. The second kappa shape index (κ2) is 7.83. The monoisotopic (exact) mass is 335 g/mol. The fraction of sp³-hybridized carbons (Fsp3) is 0.667. The van der Waals surface area contributed by atoms with Crippen LogP contribution in [0.15, 0.2) is 0 Å². The summed E-state index contributed by atoms with van der Waals surface area (Å²) in [5.74, 6) is -0.526. The largest absolute Gasteiger partial charge is 0.462 e. The number of rotatable bonds is 5. The van der Waals surface area contributed by atoms with Crippen LogP contribution in [0.1, 0.15) is 65.7 Å². The number of ether oxygens (including phenoxy) is 1. The fourth-order valence-electron chi connectivity index (χ4n) is 3.30. The van der Waals surface area contributed by atoms with Crippen molar-refractivity contribution >= 4 is 11.9 Å². The Bertz CT molecular complexity index is 599. The molecule has 0 atom stereocenters. The number of aromatic nitrogens is 1. The van der Waals surface area contributed by atoms with Crippen molar-refractivity contribution in [1.29, 1.82) is 0 Å². The van der Waals surface area contributed by atoms with Gasteiger partial charge in [-0.2, -0.15) is 0 Å². The summed E-state index contributed by atoms with van der Waals surface area (Å²) in [6, 6.07) is 0.726. The normalized spacial score (nSPS) is 16.4. The molecule has 1 aliphatic rings. The van der Waals surface area contributed by atoms with Crippen LogP contribution >= 0.6 is 0 Å². The molecule has 0 bridgehead atoms. The van der Waals surface area contributed by atoms with Gasteiger partial charge in [0.25, 0.3) is 5.91 Å². The molecule has 24 heavy (non-hydrogen) atoms. The lowest BCUT2D eigenvalue weighted by molar-refractivity contribution is 0.0525. The Morgan fingerprint density at radius 3 is 2.46 bits per heavy atom. The van der Waals surface area contributed by atoms with Crippen LogP contribution in [0.5, 0.6) is 0 Å². The minimum Gasteiger partial charge on any atom is -0.462 e. The first kappa shape index (κ1) is 18.5. The van der Waals surface area contributed by atoms with Gasteiger partial charge >= 0.3 is 5.97 Å². The van der Waals surface area contributed by atoms with Crippen molar-refractivity contribution < 1.29 is 14.3 Å². The fourth-order valence-corrected chi connectivity index (χ4v) is 3.30. The number of hydrogen-bond acceptors (Lipinski definition) is 4. The highest BCUT2D eigenvalue weighted by Gasteiger charge is 2.26. The number of nitrogens with one attached hydrogen (secondary N) is 2. The van der Waals surface area contributed by atoms with Gasteiger partial charge in [0.05, 0.1) is 12.2 Å². The van der Waals surface area contributed by atoms with Crippen LogP contribution in [0.4, 0.5) is 0 Å². The van der Waals surface area contributed by atoms with Crippen molar-refractivity contribution in [1.82, 2.24) is 15.2 Å². The Morgan fingerprint density at radius 2 is 1.92 bits per heavy atom. The molecule has 0 spiro atoms. The topological polar surface area (TPSA) is 74.4 Å². The van der Waals surface area contributed by atoms with Crippen molar-refractivity contribution in [2.75, 3.05) is 19.7 Å². The quantitative estimate of drug-likeness (QED) is 0.811. The highest BCUT2D eigenvalue weighted by molar-refractivity contribution is 6.00. The van der Waals surface area contributed by atoms with Gasteiger partial charge in [-0.25, -0.2) is 4.79 Å². The summed E-state index contributed by atoms with van der Waals surface area (Å²) in [4.78, 5) is 30.1.